The Bertz CT molecular complexity index is 587. The summed E-state index contributed by atoms with van der Waals surface area (Å²) in [4.78, 5) is 14.0. The number of amides is 1. The van der Waals surface area contributed by atoms with E-state index < -0.39 is 0 Å². The Morgan fingerprint density at radius 3 is 2.45 bits per heavy atom. The number of unbranched alkanes of at least 4 members (excludes halogenated alkanes) is 1. The first-order valence-corrected chi connectivity index (χ1v) is 7.32. The number of anilines is 1. The molecule has 1 amide bonds. The smallest absolute Gasteiger partial charge is 0.253 e. The number of hydrogen-bond donors (Lipinski definition) is 1. The molecule has 0 saturated carbocycles. The van der Waals surface area contributed by atoms with E-state index in [1.807, 2.05) is 19.2 Å². The summed E-state index contributed by atoms with van der Waals surface area (Å²) in [5, 5.41) is 0. The highest BCUT2D eigenvalue weighted by molar-refractivity contribution is 5.94. The van der Waals surface area contributed by atoms with E-state index in [9.17, 15) is 4.79 Å². The maximum absolute atomic E-state index is 12.2. The molecule has 118 valence electrons. The topological polar surface area (TPSA) is 46.3 Å². The molecular formula is C18H23ClN2O. The van der Waals surface area contributed by atoms with Gasteiger partial charge in [-0.15, -0.1) is 12.4 Å². The molecule has 0 aliphatic carbocycles. The minimum absolute atomic E-state index is 0. The number of carbonyl (C=O) groups excluding carboxylic acids is 1. The largest absolute Gasteiger partial charge is 0.399 e. The molecule has 2 aromatic rings. The monoisotopic (exact) mass is 318 g/mol. The van der Waals surface area contributed by atoms with Crippen molar-refractivity contribution in [3.63, 3.8) is 0 Å². The van der Waals surface area contributed by atoms with Crippen LogP contribution in [0.25, 0.3) is 0 Å². The SMILES string of the molecule is CN(CCCCc1ccccc1)C(=O)c1cccc(N)c1.Cl. The number of benzene rings is 2. The standard InChI is InChI=1S/C18H22N2O.ClH/c1-20(18(21)16-11-7-12-17(19)14-16)13-6-5-10-15-8-3-2-4-9-15;/h2-4,7-9,11-12,14H,5-6,10,13,19H2,1H3;1H. The molecule has 2 aromatic carbocycles. The summed E-state index contributed by atoms with van der Waals surface area (Å²) >= 11 is 0. The third kappa shape index (κ3) is 5.41. The van der Waals surface area contributed by atoms with E-state index in [4.69, 9.17) is 5.73 Å². The van der Waals surface area contributed by atoms with Gasteiger partial charge in [-0.2, -0.15) is 0 Å². The van der Waals surface area contributed by atoms with Crippen LogP contribution in [0.15, 0.2) is 54.6 Å². The van der Waals surface area contributed by atoms with Gasteiger partial charge in [-0.1, -0.05) is 36.4 Å². The molecule has 3 nitrogen and oxygen atoms in total. The van der Waals surface area contributed by atoms with Crippen LogP contribution in [0.1, 0.15) is 28.8 Å². The zero-order valence-electron chi connectivity index (χ0n) is 12.9. The van der Waals surface area contributed by atoms with Crippen molar-refractivity contribution in [2.75, 3.05) is 19.3 Å². The molecule has 0 spiro atoms. The van der Waals surface area contributed by atoms with Gasteiger partial charge >= 0.3 is 0 Å². The second-order valence-electron chi connectivity index (χ2n) is 5.29. The highest BCUT2D eigenvalue weighted by Gasteiger charge is 2.11. The van der Waals surface area contributed by atoms with Gasteiger partial charge in [0.25, 0.3) is 5.91 Å². The number of nitrogens with zero attached hydrogens (tertiary/aromatic N) is 1. The lowest BCUT2D eigenvalue weighted by Gasteiger charge is -2.17. The van der Waals surface area contributed by atoms with Gasteiger partial charge in [0.05, 0.1) is 0 Å². The number of rotatable bonds is 6. The number of aryl methyl sites for hydroxylation is 1. The molecule has 0 bridgehead atoms. The molecule has 22 heavy (non-hydrogen) atoms. The van der Waals surface area contributed by atoms with Gasteiger partial charge in [0.1, 0.15) is 0 Å². The molecule has 0 aromatic heterocycles. The van der Waals surface area contributed by atoms with Crippen LogP contribution in [-0.4, -0.2) is 24.4 Å². The number of carbonyl (C=O) groups is 1. The predicted octanol–water partition coefficient (Wildman–Crippen LogP) is 3.79. The van der Waals surface area contributed by atoms with Crippen LogP contribution in [0.3, 0.4) is 0 Å². The molecule has 4 heteroatoms. The van der Waals surface area contributed by atoms with E-state index in [0.717, 1.165) is 25.8 Å². The second-order valence-corrected chi connectivity index (χ2v) is 5.29. The number of nitrogens with two attached hydrogens (primary N) is 1. The quantitative estimate of drug-likeness (QED) is 0.650. The molecule has 0 fully saturated rings. The highest BCUT2D eigenvalue weighted by Crippen LogP contribution is 2.10. The van der Waals surface area contributed by atoms with Crippen LogP contribution in [0, 0.1) is 0 Å². The Labute approximate surface area is 138 Å². The number of hydrogen-bond acceptors (Lipinski definition) is 2. The predicted molar refractivity (Wildman–Crippen MR) is 94.4 cm³/mol. The molecular weight excluding hydrogens is 296 g/mol. The van der Waals surface area contributed by atoms with E-state index >= 15 is 0 Å². The summed E-state index contributed by atoms with van der Waals surface area (Å²) in [7, 11) is 1.84. The lowest BCUT2D eigenvalue weighted by Crippen LogP contribution is -2.27. The first kappa shape index (κ1) is 18.1. The lowest BCUT2D eigenvalue weighted by atomic mass is 10.1. The van der Waals surface area contributed by atoms with Crippen LogP contribution in [0.4, 0.5) is 5.69 Å². The summed E-state index contributed by atoms with van der Waals surface area (Å²) in [6.45, 7) is 0.764. The van der Waals surface area contributed by atoms with Crippen molar-refractivity contribution >= 4 is 24.0 Å². The molecule has 2 rings (SSSR count). The van der Waals surface area contributed by atoms with Crippen molar-refractivity contribution in [1.82, 2.24) is 4.90 Å². The summed E-state index contributed by atoms with van der Waals surface area (Å²) in [5.74, 6) is 0.0296. The van der Waals surface area contributed by atoms with E-state index in [2.05, 4.69) is 24.3 Å². The van der Waals surface area contributed by atoms with Gasteiger partial charge in [-0.05, 0) is 43.0 Å². The fraction of sp³-hybridized carbons (Fsp3) is 0.278. The maximum Gasteiger partial charge on any atom is 0.253 e. The highest BCUT2D eigenvalue weighted by atomic mass is 35.5. The molecule has 0 aliphatic heterocycles. The van der Waals surface area contributed by atoms with Gasteiger partial charge in [0.2, 0.25) is 0 Å². The van der Waals surface area contributed by atoms with E-state index in [0.29, 0.717) is 11.3 Å². The Morgan fingerprint density at radius 1 is 1.05 bits per heavy atom. The van der Waals surface area contributed by atoms with Gasteiger partial charge in [-0.3, -0.25) is 4.79 Å². The summed E-state index contributed by atoms with van der Waals surface area (Å²) in [6.07, 6.45) is 3.14. The molecule has 0 aliphatic rings. The van der Waals surface area contributed by atoms with E-state index in [1.165, 1.54) is 5.56 Å². The van der Waals surface area contributed by atoms with Crippen LogP contribution >= 0.6 is 12.4 Å². The van der Waals surface area contributed by atoms with Gasteiger partial charge in [-0.25, -0.2) is 0 Å². The van der Waals surface area contributed by atoms with Crippen LogP contribution in [-0.2, 0) is 6.42 Å². The molecule has 0 atom stereocenters. The van der Waals surface area contributed by atoms with Crippen molar-refractivity contribution in [3.05, 3.63) is 65.7 Å². The Hall–Kier alpha value is -2.00. The first-order chi connectivity index (χ1) is 10.2. The Kier molecular flexibility index (Phi) is 7.47. The van der Waals surface area contributed by atoms with Crippen LogP contribution < -0.4 is 5.73 Å². The van der Waals surface area contributed by atoms with Gasteiger partial charge < -0.3 is 10.6 Å². The molecule has 0 heterocycles. The maximum atomic E-state index is 12.2. The average molecular weight is 319 g/mol. The van der Waals surface area contributed by atoms with Gasteiger partial charge in [0, 0.05) is 24.8 Å². The number of halogens is 1. The van der Waals surface area contributed by atoms with Gasteiger partial charge in [0.15, 0.2) is 0 Å². The fourth-order valence-electron chi connectivity index (χ4n) is 2.32. The molecule has 0 saturated heterocycles. The lowest BCUT2D eigenvalue weighted by molar-refractivity contribution is 0.0793. The third-order valence-corrected chi connectivity index (χ3v) is 3.53. The van der Waals surface area contributed by atoms with Crippen molar-refractivity contribution in [2.24, 2.45) is 0 Å². The summed E-state index contributed by atoms with van der Waals surface area (Å²) in [5.41, 5.74) is 8.34. The van der Waals surface area contributed by atoms with E-state index in [1.54, 1.807) is 23.1 Å². The summed E-state index contributed by atoms with van der Waals surface area (Å²) in [6, 6.07) is 17.6. The van der Waals surface area contributed by atoms with E-state index in [-0.39, 0.29) is 18.3 Å². The zero-order valence-corrected chi connectivity index (χ0v) is 13.7. The molecule has 2 N–H and O–H groups in total. The Morgan fingerprint density at radius 2 is 1.77 bits per heavy atom. The second kappa shape index (κ2) is 9.11. The van der Waals surface area contributed by atoms with Crippen molar-refractivity contribution in [1.29, 1.82) is 0 Å². The third-order valence-electron chi connectivity index (χ3n) is 3.53. The number of nitrogen functional groups attached to an aromatic ring is 1. The van der Waals surface area contributed by atoms with Crippen LogP contribution in [0.5, 0.6) is 0 Å². The van der Waals surface area contributed by atoms with Crippen molar-refractivity contribution in [2.45, 2.75) is 19.3 Å². The molecule has 0 radical (unpaired) electrons. The first-order valence-electron chi connectivity index (χ1n) is 7.32. The van der Waals surface area contributed by atoms with Crippen molar-refractivity contribution in [3.8, 4) is 0 Å². The normalized spacial score (nSPS) is 9.86. The molecule has 0 unspecified atom stereocenters. The minimum atomic E-state index is 0. The minimum Gasteiger partial charge on any atom is -0.399 e. The van der Waals surface area contributed by atoms with Crippen LogP contribution in [0.2, 0.25) is 0 Å². The van der Waals surface area contributed by atoms with Crippen molar-refractivity contribution < 1.29 is 4.79 Å². The fourth-order valence-corrected chi connectivity index (χ4v) is 2.32. The Balaban J connectivity index is 0.00000242. The summed E-state index contributed by atoms with van der Waals surface area (Å²) < 4.78 is 0. The zero-order chi connectivity index (χ0) is 15.1. The average Bonchev–Trinajstić information content (AvgIpc) is 2.51.